The van der Waals surface area contributed by atoms with Crippen molar-refractivity contribution in [2.45, 2.75) is 19.4 Å². The minimum Gasteiger partial charge on any atom is -0.464 e. The lowest BCUT2D eigenvalue weighted by Gasteiger charge is -2.31. The van der Waals surface area contributed by atoms with Crippen molar-refractivity contribution < 1.29 is 13.9 Å². The maximum atomic E-state index is 12.6. The summed E-state index contributed by atoms with van der Waals surface area (Å²) in [5, 5.41) is 3.35. The van der Waals surface area contributed by atoms with E-state index in [0.29, 0.717) is 26.1 Å². The van der Waals surface area contributed by atoms with Gasteiger partial charge in [-0.25, -0.2) is 0 Å². The Morgan fingerprint density at radius 3 is 3.00 bits per heavy atom. The molecule has 2 heterocycles. The first kappa shape index (κ1) is 14.3. The Bertz CT molecular complexity index is 867. The number of nitrogens with zero attached hydrogens (tertiary/aromatic N) is 1. The molecule has 0 aliphatic carbocycles. The third-order valence-electron chi connectivity index (χ3n) is 4.48. The number of furan rings is 1. The molecule has 1 saturated heterocycles. The van der Waals surface area contributed by atoms with Gasteiger partial charge < -0.3 is 14.1 Å². The predicted octanol–water partition coefficient (Wildman–Crippen LogP) is 3.38. The second-order valence-corrected chi connectivity index (χ2v) is 6.12. The van der Waals surface area contributed by atoms with Gasteiger partial charge in [0.2, 0.25) is 5.91 Å². The van der Waals surface area contributed by atoms with E-state index in [0.717, 1.165) is 27.3 Å². The fourth-order valence-corrected chi connectivity index (χ4v) is 3.32. The molecule has 1 aliphatic heterocycles. The van der Waals surface area contributed by atoms with Gasteiger partial charge in [-0.05, 0) is 23.8 Å². The second-order valence-electron chi connectivity index (χ2n) is 6.12. The number of carbonyl (C=O) groups is 1. The molecule has 0 bridgehead atoms. The van der Waals surface area contributed by atoms with E-state index in [-0.39, 0.29) is 12.0 Å². The molecule has 1 aromatic heterocycles. The molecule has 4 heteroatoms. The summed E-state index contributed by atoms with van der Waals surface area (Å²) in [6.45, 7) is 3.94. The van der Waals surface area contributed by atoms with Crippen molar-refractivity contribution in [3.05, 3.63) is 48.2 Å². The zero-order valence-corrected chi connectivity index (χ0v) is 13.1. The van der Waals surface area contributed by atoms with Crippen molar-refractivity contribution in [1.29, 1.82) is 0 Å². The molecule has 4 rings (SSSR count). The van der Waals surface area contributed by atoms with Crippen LogP contribution in [0.3, 0.4) is 0 Å². The molecule has 1 unspecified atom stereocenters. The van der Waals surface area contributed by atoms with Gasteiger partial charge in [0.15, 0.2) is 0 Å². The Hall–Kier alpha value is -2.33. The summed E-state index contributed by atoms with van der Waals surface area (Å²) in [7, 11) is 0. The Kier molecular flexibility index (Phi) is 3.54. The highest BCUT2D eigenvalue weighted by Gasteiger charge is 2.23. The summed E-state index contributed by atoms with van der Waals surface area (Å²) in [4.78, 5) is 14.5. The minimum absolute atomic E-state index is 0.106. The maximum Gasteiger partial charge on any atom is 0.227 e. The standard InChI is InChI=1S/C19H19NO3/c1-13-11-20(8-9-22-13)18(21)10-15-12-23-17-7-6-14-4-2-3-5-16(14)19(15)17/h2-7,12-13H,8-11H2,1H3. The van der Waals surface area contributed by atoms with E-state index in [4.69, 9.17) is 9.15 Å². The van der Waals surface area contributed by atoms with Crippen LogP contribution in [0.1, 0.15) is 12.5 Å². The third kappa shape index (κ3) is 2.59. The van der Waals surface area contributed by atoms with Gasteiger partial charge in [0.05, 0.1) is 25.4 Å². The van der Waals surface area contributed by atoms with Gasteiger partial charge in [0, 0.05) is 24.0 Å². The molecule has 118 valence electrons. The monoisotopic (exact) mass is 309 g/mol. The summed E-state index contributed by atoms with van der Waals surface area (Å²) in [6, 6.07) is 12.2. The van der Waals surface area contributed by atoms with E-state index in [2.05, 4.69) is 18.2 Å². The molecule has 0 saturated carbocycles. The molecular formula is C19H19NO3. The van der Waals surface area contributed by atoms with Crippen molar-refractivity contribution in [2.75, 3.05) is 19.7 Å². The average Bonchev–Trinajstić information content (AvgIpc) is 2.98. The zero-order valence-electron chi connectivity index (χ0n) is 13.1. The van der Waals surface area contributed by atoms with Crippen molar-refractivity contribution in [3.8, 4) is 0 Å². The smallest absolute Gasteiger partial charge is 0.227 e. The summed E-state index contributed by atoms with van der Waals surface area (Å²) >= 11 is 0. The van der Waals surface area contributed by atoms with E-state index in [1.165, 1.54) is 0 Å². The molecule has 1 atom stereocenters. The van der Waals surface area contributed by atoms with Gasteiger partial charge in [-0.3, -0.25) is 4.79 Å². The lowest BCUT2D eigenvalue weighted by atomic mass is 10.0. The van der Waals surface area contributed by atoms with Crippen LogP contribution in [0.5, 0.6) is 0 Å². The molecule has 0 spiro atoms. The first-order chi connectivity index (χ1) is 11.2. The van der Waals surface area contributed by atoms with Crippen LogP contribution in [0.2, 0.25) is 0 Å². The molecule has 4 nitrogen and oxygen atoms in total. The highest BCUT2D eigenvalue weighted by molar-refractivity contribution is 6.08. The van der Waals surface area contributed by atoms with Crippen molar-refractivity contribution in [3.63, 3.8) is 0 Å². The maximum absolute atomic E-state index is 12.6. The quantitative estimate of drug-likeness (QED) is 0.729. The van der Waals surface area contributed by atoms with Crippen molar-refractivity contribution in [2.24, 2.45) is 0 Å². The summed E-state index contributed by atoms with van der Waals surface area (Å²) in [5.41, 5.74) is 1.79. The van der Waals surface area contributed by atoms with E-state index in [1.54, 1.807) is 6.26 Å². The number of ether oxygens (including phenoxy) is 1. The average molecular weight is 309 g/mol. The number of hydrogen-bond acceptors (Lipinski definition) is 3. The lowest BCUT2D eigenvalue weighted by Crippen LogP contribution is -2.45. The molecule has 1 amide bonds. The van der Waals surface area contributed by atoms with Crippen LogP contribution in [-0.2, 0) is 16.0 Å². The van der Waals surface area contributed by atoms with Gasteiger partial charge in [0.1, 0.15) is 5.58 Å². The van der Waals surface area contributed by atoms with Crippen LogP contribution in [0.4, 0.5) is 0 Å². The van der Waals surface area contributed by atoms with Gasteiger partial charge in [0.25, 0.3) is 0 Å². The SMILES string of the molecule is CC1CN(C(=O)Cc2coc3ccc4ccccc4c23)CCO1. The molecule has 1 aliphatic rings. The van der Waals surface area contributed by atoms with Crippen LogP contribution < -0.4 is 0 Å². The van der Waals surface area contributed by atoms with Crippen LogP contribution in [0.15, 0.2) is 47.1 Å². The van der Waals surface area contributed by atoms with Gasteiger partial charge >= 0.3 is 0 Å². The number of hydrogen-bond donors (Lipinski definition) is 0. The molecule has 23 heavy (non-hydrogen) atoms. The van der Waals surface area contributed by atoms with Gasteiger partial charge in [-0.2, -0.15) is 0 Å². The fraction of sp³-hybridized carbons (Fsp3) is 0.316. The molecule has 0 radical (unpaired) electrons. The van der Waals surface area contributed by atoms with Crippen LogP contribution in [0.25, 0.3) is 21.7 Å². The van der Waals surface area contributed by atoms with E-state index in [1.807, 2.05) is 30.0 Å². The number of benzene rings is 2. The van der Waals surface area contributed by atoms with Crippen LogP contribution in [-0.4, -0.2) is 36.6 Å². The zero-order chi connectivity index (χ0) is 15.8. The van der Waals surface area contributed by atoms with Crippen LogP contribution in [0, 0.1) is 0 Å². The van der Waals surface area contributed by atoms with E-state index in [9.17, 15) is 4.79 Å². The highest BCUT2D eigenvalue weighted by Crippen LogP contribution is 2.30. The molecule has 2 aromatic carbocycles. The van der Waals surface area contributed by atoms with Gasteiger partial charge in [-0.1, -0.05) is 30.3 Å². The Balaban J connectivity index is 1.69. The number of amides is 1. The van der Waals surface area contributed by atoms with Crippen molar-refractivity contribution in [1.82, 2.24) is 4.90 Å². The molecule has 3 aromatic rings. The summed E-state index contributed by atoms with van der Waals surface area (Å²) < 4.78 is 11.2. The molecule has 1 fully saturated rings. The Morgan fingerprint density at radius 2 is 2.13 bits per heavy atom. The summed E-state index contributed by atoms with van der Waals surface area (Å²) in [5.74, 6) is 0.135. The second kappa shape index (κ2) is 5.70. The minimum atomic E-state index is 0.106. The molecular weight excluding hydrogens is 290 g/mol. The largest absolute Gasteiger partial charge is 0.464 e. The number of carbonyl (C=O) groups excluding carboxylic acids is 1. The van der Waals surface area contributed by atoms with Crippen molar-refractivity contribution >= 4 is 27.6 Å². The first-order valence-corrected chi connectivity index (χ1v) is 7.99. The lowest BCUT2D eigenvalue weighted by molar-refractivity contribution is -0.137. The molecule has 0 N–H and O–H groups in total. The number of morpholine rings is 1. The van der Waals surface area contributed by atoms with E-state index < -0.39 is 0 Å². The predicted molar refractivity (Wildman–Crippen MR) is 89.4 cm³/mol. The van der Waals surface area contributed by atoms with Gasteiger partial charge in [-0.15, -0.1) is 0 Å². The highest BCUT2D eigenvalue weighted by atomic mass is 16.5. The number of rotatable bonds is 2. The van der Waals surface area contributed by atoms with E-state index >= 15 is 0 Å². The first-order valence-electron chi connectivity index (χ1n) is 7.99. The number of fused-ring (bicyclic) bond motifs is 3. The van der Waals surface area contributed by atoms with Crippen LogP contribution >= 0.6 is 0 Å². The topological polar surface area (TPSA) is 42.7 Å². The Morgan fingerprint density at radius 1 is 1.26 bits per heavy atom. The third-order valence-corrected chi connectivity index (χ3v) is 4.48. The summed E-state index contributed by atoms with van der Waals surface area (Å²) in [6.07, 6.45) is 2.20. The Labute approximate surface area is 134 Å². The fourth-order valence-electron chi connectivity index (χ4n) is 3.32. The normalized spacial score (nSPS) is 18.7.